The first-order chi connectivity index (χ1) is 15.4. The van der Waals surface area contributed by atoms with E-state index in [1.54, 1.807) is 12.1 Å². The predicted molar refractivity (Wildman–Crippen MR) is 117 cm³/mol. The molecule has 0 aliphatic carbocycles. The fourth-order valence-electron chi connectivity index (χ4n) is 2.04. The van der Waals surface area contributed by atoms with Gasteiger partial charge in [0, 0.05) is 24.3 Å². The van der Waals surface area contributed by atoms with Crippen molar-refractivity contribution in [3.8, 4) is 5.75 Å². The number of hydrogen-bond acceptors (Lipinski definition) is 7. The van der Waals surface area contributed by atoms with E-state index in [0.29, 0.717) is 6.08 Å². The van der Waals surface area contributed by atoms with Crippen LogP contribution in [0.2, 0.25) is 0 Å². The predicted octanol–water partition coefficient (Wildman–Crippen LogP) is 0.885. The highest BCUT2D eigenvalue weighted by atomic mass is 32.2. The molecule has 12 nitrogen and oxygen atoms in total. The maximum atomic E-state index is 11.3. The van der Waals surface area contributed by atoms with Gasteiger partial charge in [-0.1, -0.05) is 24.3 Å². The van der Waals surface area contributed by atoms with Crippen LogP contribution in [0.1, 0.15) is 0 Å². The lowest BCUT2D eigenvalue weighted by molar-refractivity contribution is -0.132. The number of hydrogen-bond donors (Lipinski definition) is 6. The quantitative estimate of drug-likeness (QED) is 0.246. The number of primary sulfonamides is 1. The number of carboxylic acid groups (broad SMARTS) is 2. The molecule has 0 fully saturated rings. The molecule has 0 bridgehead atoms. The van der Waals surface area contributed by atoms with E-state index in [-0.39, 0.29) is 22.0 Å². The van der Waals surface area contributed by atoms with Crippen LogP contribution in [0.4, 0.5) is 11.4 Å². The lowest BCUT2D eigenvalue weighted by Gasteiger charge is -2.07. The number of sulfonamides is 1. The van der Waals surface area contributed by atoms with E-state index in [1.165, 1.54) is 36.4 Å². The molecule has 174 valence electrons. The van der Waals surface area contributed by atoms with Crippen molar-refractivity contribution < 1.29 is 42.9 Å². The van der Waals surface area contributed by atoms with Gasteiger partial charge < -0.3 is 26.0 Å². The second kappa shape index (κ2) is 12.4. The molecule has 0 saturated carbocycles. The van der Waals surface area contributed by atoms with Crippen LogP contribution in [-0.4, -0.2) is 47.5 Å². The number of nitrogens with one attached hydrogen (secondary N) is 2. The van der Waals surface area contributed by atoms with Crippen molar-refractivity contribution >= 4 is 45.2 Å². The molecule has 0 aliphatic heterocycles. The minimum atomic E-state index is -3.97. The summed E-state index contributed by atoms with van der Waals surface area (Å²) in [5.74, 6) is -3.95. The Labute approximate surface area is 187 Å². The number of benzene rings is 2. The Morgan fingerprint density at radius 3 is 1.61 bits per heavy atom. The second-order valence-corrected chi connectivity index (χ2v) is 7.41. The summed E-state index contributed by atoms with van der Waals surface area (Å²) in [6, 6.07) is 11.7. The first-order valence-electron chi connectivity index (χ1n) is 8.74. The van der Waals surface area contributed by atoms with Crippen LogP contribution in [0.5, 0.6) is 5.75 Å². The van der Waals surface area contributed by atoms with Crippen LogP contribution < -0.4 is 15.8 Å². The van der Waals surface area contributed by atoms with Gasteiger partial charge in [-0.15, -0.1) is 0 Å². The largest absolute Gasteiger partial charge is 0.506 e. The number of phenolic OH excluding ortho intramolecular Hbond substituents is 1. The zero-order valence-electron chi connectivity index (χ0n) is 16.7. The molecule has 33 heavy (non-hydrogen) atoms. The van der Waals surface area contributed by atoms with E-state index in [4.69, 9.17) is 15.4 Å². The molecule has 0 heterocycles. The highest BCUT2D eigenvalue weighted by molar-refractivity contribution is 7.89. The summed E-state index contributed by atoms with van der Waals surface area (Å²) in [7, 11) is -3.97. The van der Waals surface area contributed by atoms with E-state index < -0.39 is 33.8 Å². The Bertz CT molecular complexity index is 1200. The summed E-state index contributed by atoms with van der Waals surface area (Å²) in [5, 5.41) is 35.4. The molecule has 0 saturated heterocycles. The number of phenols is 1. The average molecular weight is 477 g/mol. The molecule has 0 radical (unpaired) electrons. The normalized spacial score (nSPS) is 10.8. The Morgan fingerprint density at radius 2 is 1.15 bits per heavy atom. The Morgan fingerprint density at radius 1 is 0.727 bits per heavy atom. The molecule has 2 aromatic carbocycles. The van der Waals surface area contributed by atoms with Crippen LogP contribution in [0.25, 0.3) is 0 Å². The Hall–Kier alpha value is -4.49. The highest BCUT2D eigenvalue weighted by Crippen LogP contribution is 2.21. The van der Waals surface area contributed by atoms with E-state index in [1.807, 2.05) is 0 Å². The summed E-state index contributed by atoms with van der Waals surface area (Å²) in [5.41, 5.74) is 0.220. The number of para-hydroxylation sites is 3. The zero-order valence-corrected chi connectivity index (χ0v) is 17.5. The molecule has 2 rings (SSSR count). The summed E-state index contributed by atoms with van der Waals surface area (Å²) >= 11 is 0. The number of carboxylic acids is 2. The van der Waals surface area contributed by atoms with Crippen molar-refractivity contribution in [2.24, 2.45) is 5.14 Å². The van der Waals surface area contributed by atoms with Gasteiger partial charge in [0.1, 0.15) is 10.6 Å². The fourth-order valence-corrected chi connectivity index (χ4v) is 2.73. The number of carbonyl (C=O) groups excluding carboxylic acids is 2. The number of amides is 2. The third-order valence-corrected chi connectivity index (χ3v) is 4.34. The van der Waals surface area contributed by atoms with Gasteiger partial charge in [-0.2, -0.15) is 0 Å². The van der Waals surface area contributed by atoms with Crippen molar-refractivity contribution in [3.63, 3.8) is 0 Å². The van der Waals surface area contributed by atoms with Crippen molar-refractivity contribution in [2.75, 3.05) is 10.6 Å². The minimum absolute atomic E-state index is 0.0139. The molecule has 0 atom stereocenters. The second-order valence-electron chi connectivity index (χ2n) is 5.88. The number of rotatable bonds is 7. The zero-order chi connectivity index (χ0) is 25.0. The van der Waals surface area contributed by atoms with Crippen molar-refractivity contribution in [1.29, 1.82) is 0 Å². The molecule has 2 aromatic rings. The van der Waals surface area contributed by atoms with Crippen LogP contribution in [0, 0.1) is 0 Å². The number of aliphatic carboxylic acids is 2. The van der Waals surface area contributed by atoms with Gasteiger partial charge in [0.25, 0.3) is 0 Å². The lowest BCUT2D eigenvalue weighted by Crippen LogP contribution is -2.17. The maximum absolute atomic E-state index is 11.3. The summed E-state index contributed by atoms with van der Waals surface area (Å²) in [6.45, 7) is 0. The fraction of sp³-hybridized carbons (Fsp3) is 0. The van der Waals surface area contributed by atoms with Gasteiger partial charge in [-0.3, -0.25) is 9.59 Å². The molecule has 7 N–H and O–H groups in total. The van der Waals surface area contributed by atoms with Crippen LogP contribution in [-0.2, 0) is 29.2 Å². The maximum Gasteiger partial charge on any atom is 0.328 e. The van der Waals surface area contributed by atoms with Gasteiger partial charge in [-0.25, -0.2) is 23.1 Å². The van der Waals surface area contributed by atoms with Crippen molar-refractivity contribution in [3.05, 3.63) is 72.8 Å². The minimum Gasteiger partial charge on any atom is -0.506 e. The van der Waals surface area contributed by atoms with E-state index in [9.17, 15) is 32.7 Å². The monoisotopic (exact) mass is 477 g/mol. The van der Waals surface area contributed by atoms with Crippen LogP contribution in [0.3, 0.4) is 0 Å². The lowest BCUT2D eigenvalue weighted by atomic mass is 10.3. The van der Waals surface area contributed by atoms with Crippen molar-refractivity contribution in [2.45, 2.75) is 4.90 Å². The van der Waals surface area contributed by atoms with E-state index in [0.717, 1.165) is 18.2 Å². The van der Waals surface area contributed by atoms with Crippen molar-refractivity contribution in [1.82, 2.24) is 0 Å². The topological polar surface area (TPSA) is 213 Å². The number of aromatic hydroxyl groups is 1. The highest BCUT2D eigenvalue weighted by Gasteiger charge is 2.14. The number of anilines is 2. The third kappa shape index (κ3) is 10.4. The molecule has 13 heteroatoms. The first kappa shape index (κ1) is 26.5. The average Bonchev–Trinajstić information content (AvgIpc) is 2.72. The van der Waals surface area contributed by atoms with Gasteiger partial charge >= 0.3 is 11.9 Å². The molecule has 0 aromatic heterocycles. The molecule has 0 spiro atoms. The number of nitrogens with two attached hydrogens (primary N) is 1. The van der Waals surface area contributed by atoms with Gasteiger partial charge in [0.05, 0.1) is 11.4 Å². The van der Waals surface area contributed by atoms with E-state index >= 15 is 0 Å². The van der Waals surface area contributed by atoms with Gasteiger partial charge in [0.15, 0.2) is 0 Å². The van der Waals surface area contributed by atoms with E-state index in [2.05, 4.69) is 10.6 Å². The molecular weight excluding hydrogens is 458 g/mol. The first-order valence-corrected chi connectivity index (χ1v) is 10.3. The standard InChI is InChI=1S/C10H10N2O5S.C10H9NO4/c11-18(16,17)8-4-2-1-3-7(8)12-9(13)5-6-10(14)15;12-8-4-2-1-3-7(8)11-9(13)5-6-10(14)15/h1-6H,(H,12,13)(H,14,15)(H2,11,16,17);1-6,12H,(H,11,13)(H,14,15)/b2*6-5-. The molecule has 2 amide bonds. The summed E-state index contributed by atoms with van der Waals surface area (Å²) in [4.78, 5) is 42.5. The smallest absolute Gasteiger partial charge is 0.328 e. The molecule has 0 aliphatic rings. The van der Waals surface area contributed by atoms with Crippen LogP contribution >= 0.6 is 0 Å². The molecule has 0 unspecified atom stereocenters. The van der Waals surface area contributed by atoms with Gasteiger partial charge in [0.2, 0.25) is 21.8 Å². The summed E-state index contributed by atoms with van der Waals surface area (Å²) < 4.78 is 22.4. The Balaban J connectivity index is 0.000000335. The SMILES string of the molecule is NS(=O)(=O)c1ccccc1NC(=O)/C=C\C(=O)O.O=C(O)/C=C\C(=O)Nc1ccccc1O. The number of carbonyl (C=O) groups is 4. The Kier molecular flexibility index (Phi) is 9.96. The van der Waals surface area contributed by atoms with Crippen LogP contribution in [0.15, 0.2) is 77.7 Å². The third-order valence-electron chi connectivity index (χ3n) is 3.37. The summed E-state index contributed by atoms with van der Waals surface area (Å²) in [6.07, 6.45) is 2.99. The van der Waals surface area contributed by atoms with Gasteiger partial charge in [-0.05, 0) is 24.3 Å². The molecular formula is C20H19N3O9S.